The lowest BCUT2D eigenvalue weighted by Gasteiger charge is -2.04. The molecule has 0 aliphatic heterocycles. The molecule has 1 aromatic carbocycles. The van der Waals surface area contributed by atoms with Gasteiger partial charge >= 0.3 is 0 Å². The molecular formula is C11H10INO2. The molecule has 0 radical (unpaired) electrons. The van der Waals surface area contributed by atoms with Gasteiger partial charge in [0.1, 0.15) is 6.73 Å². The predicted octanol–water partition coefficient (Wildman–Crippen LogP) is 2.66. The van der Waals surface area contributed by atoms with Crippen molar-refractivity contribution in [3.05, 3.63) is 33.5 Å². The SMILES string of the molecule is COCn1c(I)c(C=O)c2ccccc21. The van der Waals surface area contributed by atoms with E-state index in [9.17, 15) is 4.79 Å². The van der Waals surface area contributed by atoms with E-state index in [4.69, 9.17) is 4.74 Å². The monoisotopic (exact) mass is 315 g/mol. The molecular weight excluding hydrogens is 305 g/mol. The van der Waals surface area contributed by atoms with Crippen LogP contribution in [0.4, 0.5) is 0 Å². The van der Waals surface area contributed by atoms with Crippen LogP contribution < -0.4 is 0 Å². The van der Waals surface area contributed by atoms with E-state index in [0.717, 1.165) is 26.5 Å². The number of aldehydes is 1. The van der Waals surface area contributed by atoms with Gasteiger partial charge in [-0.3, -0.25) is 4.79 Å². The van der Waals surface area contributed by atoms with Gasteiger partial charge in [-0.1, -0.05) is 18.2 Å². The molecule has 2 rings (SSSR count). The first-order valence-corrected chi connectivity index (χ1v) is 5.58. The molecule has 1 heterocycles. The molecule has 4 heteroatoms. The third kappa shape index (κ3) is 1.68. The van der Waals surface area contributed by atoms with Gasteiger partial charge in [-0.2, -0.15) is 0 Å². The lowest BCUT2D eigenvalue weighted by Crippen LogP contribution is -2.02. The van der Waals surface area contributed by atoms with Crippen LogP contribution in [0, 0.1) is 3.70 Å². The van der Waals surface area contributed by atoms with Crippen molar-refractivity contribution < 1.29 is 9.53 Å². The molecule has 0 fully saturated rings. The number of hydrogen-bond acceptors (Lipinski definition) is 2. The van der Waals surface area contributed by atoms with Gasteiger partial charge in [-0.15, -0.1) is 0 Å². The van der Waals surface area contributed by atoms with Crippen molar-refractivity contribution in [3.63, 3.8) is 0 Å². The highest BCUT2D eigenvalue weighted by Gasteiger charge is 2.13. The van der Waals surface area contributed by atoms with Crippen molar-refractivity contribution in [1.82, 2.24) is 4.57 Å². The number of methoxy groups -OCH3 is 1. The van der Waals surface area contributed by atoms with Gasteiger partial charge in [0, 0.05) is 12.5 Å². The number of nitrogens with zero attached hydrogens (tertiary/aromatic N) is 1. The molecule has 78 valence electrons. The number of halogens is 1. The summed E-state index contributed by atoms with van der Waals surface area (Å²) in [6.45, 7) is 0.465. The molecule has 3 nitrogen and oxygen atoms in total. The fraction of sp³-hybridized carbons (Fsp3) is 0.182. The van der Waals surface area contributed by atoms with E-state index in [1.54, 1.807) is 7.11 Å². The second kappa shape index (κ2) is 4.32. The molecule has 0 aliphatic carbocycles. The van der Waals surface area contributed by atoms with E-state index >= 15 is 0 Å². The molecule has 0 amide bonds. The molecule has 0 aliphatic rings. The zero-order valence-corrected chi connectivity index (χ0v) is 10.4. The Labute approximate surface area is 101 Å². The highest BCUT2D eigenvalue weighted by molar-refractivity contribution is 14.1. The first-order chi connectivity index (χ1) is 7.29. The van der Waals surface area contributed by atoms with Gasteiger partial charge in [0.15, 0.2) is 6.29 Å². The molecule has 0 N–H and O–H groups in total. The molecule has 1 aromatic heterocycles. The summed E-state index contributed by atoms with van der Waals surface area (Å²) in [6.07, 6.45) is 0.899. The number of benzene rings is 1. The van der Waals surface area contributed by atoms with Gasteiger partial charge in [-0.05, 0) is 28.7 Å². The maximum absolute atomic E-state index is 11.0. The molecule has 0 unspecified atom stereocenters. The Morgan fingerprint density at radius 2 is 2.20 bits per heavy atom. The Kier molecular flexibility index (Phi) is 3.06. The van der Waals surface area contributed by atoms with Crippen molar-refractivity contribution in [3.8, 4) is 0 Å². The van der Waals surface area contributed by atoms with Crippen LogP contribution in [-0.4, -0.2) is 18.0 Å². The van der Waals surface area contributed by atoms with Crippen LogP contribution in [0.1, 0.15) is 10.4 Å². The standard InChI is InChI=1S/C11H10INO2/c1-15-7-13-10-5-3-2-4-8(10)9(6-14)11(13)12/h2-6H,7H2,1H3. The summed E-state index contributed by atoms with van der Waals surface area (Å²) in [5.41, 5.74) is 1.77. The van der Waals surface area contributed by atoms with E-state index in [1.165, 1.54) is 0 Å². The largest absolute Gasteiger partial charge is 0.364 e. The molecule has 15 heavy (non-hydrogen) atoms. The minimum atomic E-state index is 0.465. The van der Waals surface area contributed by atoms with Crippen LogP contribution >= 0.6 is 22.6 Å². The highest BCUT2D eigenvalue weighted by atomic mass is 127. The Balaban J connectivity index is 2.78. The summed E-state index contributed by atoms with van der Waals surface area (Å²) in [5, 5.41) is 0.981. The topological polar surface area (TPSA) is 31.2 Å². The molecule has 0 saturated carbocycles. The fourth-order valence-electron chi connectivity index (χ4n) is 1.67. The summed E-state index contributed by atoms with van der Waals surface area (Å²) in [4.78, 5) is 11.0. The average Bonchev–Trinajstić information content (AvgIpc) is 2.53. The van der Waals surface area contributed by atoms with Crippen molar-refractivity contribution in [1.29, 1.82) is 0 Å². The fourth-order valence-corrected chi connectivity index (χ4v) is 2.48. The number of hydrogen-bond donors (Lipinski definition) is 0. The number of carbonyl (C=O) groups excluding carboxylic acids is 1. The zero-order chi connectivity index (χ0) is 10.8. The van der Waals surface area contributed by atoms with Gasteiger partial charge in [0.2, 0.25) is 0 Å². The quantitative estimate of drug-likeness (QED) is 0.644. The first-order valence-electron chi connectivity index (χ1n) is 4.50. The first kappa shape index (κ1) is 10.6. The Bertz CT molecular complexity index is 505. The number of rotatable bonds is 3. The van der Waals surface area contributed by atoms with Crippen LogP contribution in [0.5, 0.6) is 0 Å². The lowest BCUT2D eigenvalue weighted by molar-refractivity contribution is 0.112. The average molecular weight is 315 g/mol. The lowest BCUT2D eigenvalue weighted by atomic mass is 10.2. The van der Waals surface area contributed by atoms with Crippen LogP contribution in [0.25, 0.3) is 10.9 Å². The summed E-state index contributed by atoms with van der Waals surface area (Å²) < 4.78 is 8.02. The minimum Gasteiger partial charge on any atom is -0.364 e. The summed E-state index contributed by atoms with van der Waals surface area (Å²) in [5.74, 6) is 0. The van der Waals surface area contributed by atoms with E-state index in [2.05, 4.69) is 22.6 Å². The Morgan fingerprint density at radius 3 is 2.87 bits per heavy atom. The molecule has 0 spiro atoms. The van der Waals surface area contributed by atoms with E-state index in [0.29, 0.717) is 6.73 Å². The van der Waals surface area contributed by atoms with Crippen LogP contribution in [-0.2, 0) is 11.5 Å². The van der Waals surface area contributed by atoms with Gasteiger partial charge in [-0.25, -0.2) is 0 Å². The van der Waals surface area contributed by atoms with Crippen molar-refractivity contribution in [2.45, 2.75) is 6.73 Å². The van der Waals surface area contributed by atoms with Crippen LogP contribution in [0.2, 0.25) is 0 Å². The third-order valence-corrected chi connectivity index (χ3v) is 3.48. The molecule has 0 saturated heterocycles. The molecule has 0 bridgehead atoms. The number of aromatic nitrogens is 1. The van der Waals surface area contributed by atoms with Gasteiger partial charge < -0.3 is 9.30 Å². The van der Waals surface area contributed by atoms with E-state index in [1.807, 2.05) is 28.8 Å². The number of ether oxygens (including phenoxy) is 1. The number of para-hydroxylation sites is 1. The normalized spacial score (nSPS) is 10.8. The number of carbonyl (C=O) groups is 1. The molecule has 2 aromatic rings. The smallest absolute Gasteiger partial charge is 0.153 e. The van der Waals surface area contributed by atoms with Crippen LogP contribution in [0.3, 0.4) is 0 Å². The summed E-state index contributed by atoms with van der Waals surface area (Å²) in [6, 6.07) is 7.83. The summed E-state index contributed by atoms with van der Waals surface area (Å²) in [7, 11) is 1.64. The highest BCUT2D eigenvalue weighted by Crippen LogP contribution is 2.25. The predicted molar refractivity (Wildman–Crippen MR) is 67.1 cm³/mol. The van der Waals surface area contributed by atoms with Crippen molar-refractivity contribution >= 4 is 39.8 Å². The zero-order valence-electron chi connectivity index (χ0n) is 8.24. The Hall–Kier alpha value is -0.880. The second-order valence-electron chi connectivity index (χ2n) is 3.19. The van der Waals surface area contributed by atoms with Gasteiger partial charge in [0.25, 0.3) is 0 Å². The molecule has 0 atom stereocenters. The Morgan fingerprint density at radius 1 is 1.47 bits per heavy atom. The van der Waals surface area contributed by atoms with Crippen molar-refractivity contribution in [2.24, 2.45) is 0 Å². The van der Waals surface area contributed by atoms with Gasteiger partial charge in [0.05, 0.1) is 14.8 Å². The summed E-state index contributed by atoms with van der Waals surface area (Å²) >= 11 is 2.17. The second-order valence-corrected chi connectivity index (χ2v) is 4.21. The van der Waals surface area contributed by atoms with Crippen LogP contribution in [0.15, 0.2) is 24.3 Å². The van der Waals surface area contributed by atoms with E-state index in [-0.39, 0.29) is 0 Å². The maximum atomic E-state index is 11.0. The minimum absolute atomic E-state index is 0.465. The third-order valence-electron chi connectivity index (χ3n) is 2.32. The number of fused-ring (bicyclic) bond motifs is 1. The van der Waals surface area contributed by atoms with Crippen molar-refractivity contribution in [2.75, 3.05) is 7.11 Å². The maximum Gasteiger partial charge on any atom is 0.153 e. The van der Waals surface area contributed by atoms with E-state index < -0.39 is 0 Å².